The maximum Gasteiger partial charge on any atom is 0.224 e. The summed E-state index contributed by atoms with van der Waals surface area (Å²) < 4.78 is 0. The molecule has 4 nitrogen and oxygen atoms in total. The van der Waals surface area contributed by atoms with Crippen molar-refractivity contribution >= 4 is 17.4 Å². The van der Waals surface area contributed by atoms with E-state index in [2.05, 4.69) is 10.3 Å². The van der Waals surface area contributed by atoms with Gasteiger partial charge in [0.25, 0.3) is 0 Å². The molecule has 1 N–H and O–H groups in total. The Balaban J connectivity index is 1.49. The van der Waals surface area contributed by atoms with E-state index in [0.717, 1.165) is 17.7 Å². The highest BCUT2D eigenvalue weighted by Gasteiger charge is 2.09. The zero-order chi connectivity index (χ0) is 18.2. The highest BCUT2D eigenvalue weighted by Crippen LogP contribution is 2.14. The lowest BCUT2D eigenvalue weighted by Crippen LogP contribution is -2.13. The molecule has 0 atom stereocenters. The van der Waals surface area contributed by atoms with Crippen molar-refractivity contribution in [3.05, 3.63) is 95.8 Å². The van der Waals surface area contributed by atoms with Crippen LogP contribution in [0.25, 0.3) is 0 Å². The average molecular weight is 344 g/mol. The minimum atomic E-state index is -0.156. The summed E-state index contributed by atoms with van der Waals surface area (Å²) in [7, 11) is 0. The quantitative estimate of drug-likeness (QED) is 0.651. The molecule has 0 radical (unpaired) electrons. The predicted molar refractivity (Wildman–Crippen MR) is 102 cm³/mol. The summed E-state index contributed by atoms with van der Waals surface area (Å²) in [6, 6.07) is 20.8. The zero-order valence-corrected chi connectivity index (χ0v) is 14.4. The van der Waals surface area contributed by atoms with Gasteiger partial charge in [-0.2, -0.15) is 0 Å². The summed E-state index contributed by atoms with van der Waals surface area (Å²) in [5.41, 5.74) is 3.73. The minimum Gasteiger partial charge on any atom is -0.326 e. The van der Waals surface area contributed by atoms with Crippen molar-refractivity contribution in [1.29, 1.82) is 0 Å². The average Bonchev–Trinajstić information content (AvgIpc) is 2.69. The Kier molecular flexibility index (Phi) is 5.88. The van der Waals surface area contributed by atoms with Gasteiger partial charge in [0, 0.05) is 36.5 Å². The number of pyridine rings is 1. The molecule has 0 spiro atoms. The molecular weight excluding hydrogens is 324 g/mol. The number of nitrogens with one attached hydrogen (secondary N) is 1. The zero-order valence-electron chi connectivity index (χ0n) is 14.4. The molecule has 2 aromatic carbocycles. The maximum absolute atomic E-state index is 12.1. The SMILES string of the molecule is O=C(CCC(=O)c1ccccc1)Nc1ccc(Cc2ccncc2)cc1. The number of anilines is 1. The van der Waals surface area contributed by atoms with Crippen LogP contribution in [-0.4, -0.2) is 16.7 Å². The second-order valence-corrected chi connectivity index (χ2v) is 6.07. The van der Waals surface area contributed by atoms with Gasteiger partial charge < -0.3 is 5.32 Å². The second-order valence-electron chi connectivity index (χ2n) is 6.07. The first kappa shape index (κ1) is 17.5. The van der Waals surface area contributed by atoms with E-state index >= 15 is 0 Å². The van der Waals surface area contributed by atoms with E-state index in [1.54, 1.807) is 24.5 Å². The number of carbonyl (C=O) groups excluding carboxylic acids is 2. The van der Waals surface area contributed by atoms with Gasteiger partial charge >= 0.3 is 0 Å². The maximum atomic E-state index is 12.1. The Morgan fingerprint density at radius 3 is 2.12 bits per heavy atom. The van der Waals surface area contributed by atoms with Crippen LogP contribution in [0.3, 0.4) is 0 Å². The number of nitrogens with zero attached hydrogens (tertiary/aromatic N) is 1. The molecule has 0 saturated carbocycles. The lowest BCUT2D eigenvalue weighted by Gasteiger charge is -2.07. The molecule has 26 heavy (non-hydrogen) atoms. The van der Waals surface area contributed by atoms with Crippen LogP contribution in [0.1, 0.15) is 34.3 Å². The van der Waals surface area contributed by atoms with Crippen molar-refractivity contribution in [2.75, 3.05) is 5.32 Å². The van der Waals surface area contributed by atoms with Gasteiger partial charge in [0.2, 0.25) is 5.91 Å². The topological polar surface area (TPSA) is 59.1 Å². The number of benzene rings is 2. The first-order valence-corrected chi connectivity index (χ1v) is 8.56. The summed E-state index contributed by atoms with van der Waals surface area (Å²) in [5, 5.41) is 2.84. The molecule has 0 aliphatic carbocycles. The van der Waals surface area contributed by atoms with Crippen molar-refractivity contribution in [3.63, 3.8) is 0 Å². The molecular formula is C22H20N2O2. The number of carbonyl (C=O) groups is 2. The van der Waals surface area contributed by atoms with E-state index in [9.17, 15) is 9.59 Å². The van der Waals surface area contributed by atoms with Crippen molar-refractivity contribution in [2.45, 2.75) is 19.3 Å². The fraction of sp³-hybridized carbons (Fsp3) is 0.136. The molecule has 0 unspecified atom stereocenters. The Bertz CT molecular complexity index is 860. The van der Waals surface area contributed by atoms with Crippen LogP contribution in [0.2, 0.25) is 0 Å². The van der Waals surface area contributed by atoms with Crippen molar-refractivity contribution in [3.8, 4) is 0 Å². The Morgan fingerprint density at radius 1 is 0.769 bits per heavy atom. The third-order valence-electron chi connectivity index (χ3n) is 4.07. The van der Waals surface area contributed by atoms with Gasteiger partial charge in [-0.05, 0) is 41.8 Å². The van der Waals surface area contributed by atoms with Crippen LogP contribution in [0, 0.1) is 0 Å². The first-order chi connectivity index (χ1) is 12.7. The van der Waals surface area contributed by atoms with E-state index in [0.29, 0.717) is 5.56 Å². The molecule has 130 valence electrons. The van der Waals surface area contributed by atoms with Gasteiger partial charge in [0.1, 0.15) is 0 Å². The molecule has 1 amide bonds. The van der Waals surface area contributed by atoms with Crippen LogP contribution in [0.4, 0.5) is 5.69 Å². The Hall–Kier alpha value is -3.27. The molecule has 3 aromatic rings. The van der Waals surface area contributed by atoms with Crippen LogP contribution < -0.4 is 5.32 Å². The van der Waals surface area contributed by atoms with Crippen LogP contribution in [0.5, 0.6) is 0 Å². The molecule has 0 aliphatic heterocycles. The van der Waals surface area contributed by atoms with Crippen molar-refractivity contribution in [2.24, 2.45) is 0 Å². The third kappa shape index (κ3) is 5.11. The summed E-state index contributed by atoms with van der Waals surface area (Å²) in [5.74, 6) is -0.176. The van der Waals surface area contributed by atoms with E-state index in [-0.39, 0.29) is 24.5 Å². The summed E-state index contributed by atoms with van der Waals surface area (Å²) >= 11 is 0. The third-order valence-corrected chi connectivity index (χ3v) is 4.07. The number of rotatable bonds is 7. The molecule has 3 rings (SSSR count). The van der Waals surface area contributed by atoms with Crippen LogP contribution >= 0.6 is 0 Å². The summed E-state index contributed by atoms with van der Waals surface area (Å²) in [6.45, 7) is 0. The van der Waals surface area contributed by atoms with Gasteiger partial charge in [-0.3, -0.25) is 14.6 Å². The van der Waals surface area contributed by atoms with Crippen molar-refractivity contribution < 1.29 is 9.59 Å². The van der Waals surface area contributed by atoms with Gasteiger partial charge in [-0.1, -0.05) is 42.5 Å². The normalized spacial score (nSPS) is 10.3. The highest BCUT2D eigenvalue weighted by molar-refractivity contribution is 5.99. The van der Waals surface area contributed by atoms with Gasteiger partial charge in [-0.15, -0.1) is 0 Å². The van der Waals surface area contributed by atoms with Crippen LogP contribution in [0.15, 0.2) is 79.1 Å². The number of aromatic nitrogens is 1. The van der Waals surface area contributed by atoms with E-state index in [4.69, 9.17) is 0 Å². The molecule has 4 heteroatoms. The van der Waals surface area contributed by atoms with E-state index in [1.165, 1.54) is 5.56 Å². The Labute approximate surface area is 152 Å². The predicted octanol–water partition coefficient (Wildman–Crippen LogP) is 4.27. The van der Waals surface area contributed by atoms with Gasteiger partial charge in [0.05, 0.1) is 0 Å². The van der Waals surface area contributed by atoms with Gasteiger partial charge in [0.15, 0.2) is 5.78 Å². The molecule has 0 fully saturated rings. The molecule has 1 aromatic heterocycles. The molecule has 0 saturated heterocycles. The summed E-state index contributed by atoms with van der Waals surface area (Å²) in [4.78, 5) is 28.1. The smallest absolute Gasteiger partial charge is 0.224 e. The fourth-order valence-corrected chi connectivity index (χ4v) is 2.66. The van der Waals surface area contributed by atoms with E-state index in [1.807, 2.05) is 54.6 Å². The Morgan fingerprint density at radius 2 is 1.42 bits per heavy atom. The molecule has 1 heterocycles. The molecule has 0 aliphatic rings. The van der Waals surface area contributed by atoms with Gasteiger partial charge in [-0.25, -0.2) is 0 Å². The second kappa shape index (κ2) is 8.72. The summed E-state index contributed by atoms with van der Waals surface area (Å²) in [6.07, 6.45) is 4.76. The number of Topliss-reactive ketones (excluding diaryl/α,β-unsaturated/α-hetero) is 1. The van der Waals surface area contributed by atoms with Crippen molar-refractivity contribution in [1.82, 2.24) is 4.98 Å². The number of ketones is 1. The number of hydrogen-bond donors (Lipinski definition) is 1. The monoisotopic (exact) mass is 344 g/mol. The standard InChI is InChI=1S/C22H20N2O2/c25-21(19-4-2-1-3-5-19)10-11-22(26)24-20-8-6-17(7-9-20)16-18-12-14-23-15-13-18/h1-9,12-15H,10-11,16H2,(H,24,26). The lowest BCUT2D eigenvalue weighted by molar-refractivity contribution is -0.116. The largest absolute Gasteiger partial charge is 0.326 e. The highest BCUT2D eigenvalue weighted by atomic mass is 16.2. The first-order valence-electron chi connectivity index (χ1n) is 8.56. The van der Waals surface area contributed by atoms with Crippen LogP contribution in [-0.2, 0) is 11.2 Å². The fourth-order valence-electron chi connectivity index (χ4n) is 2.66. The lowest BCUT2D eigenvalue weighted by atomic mass is 10.1. The minimum absolute atomic E-state index is 0.0200. The number of hydrogen-bond acceptors (Lipinski definition) is 3. The molecule has 0 bridgehead atoms. The van der Waals surface area contributed by atoms with E-state index < -0.39 is 0 Å². The number of amides is 1.